The molecular formula is C69H54O10. The molecule has 0 aromatic heterocycles. The number of carbonyl (C=O) groups excluding carboxylic acids is 3. The molecule has 0 unspecified atom stereocenters. The molecule has 0 saturated heterocycles. The van der Waals surface area contributed by atoms with E-state index in [2.05, 4.69) is 61.1 Å². The SMILES string of the molecule is C=CC(=O)OCCCOc1ccc(C#Cc2ccc(C#Cc3ccc(OC)cc3)cc2C)cc1.C=CC(=O)Oc1ccc(-c2ccc(C(=O)OC3COc4ccc5ccccc5c4-c4c(ccc5ccccc45)OC3)cc2)cc1. The largest absolute Gasteiger partial charge is 0.497 e. The molecule has 10 rings (SSSR count). The molecule has 1 heterocycles. The second-order valence-electron chi connectivity index (χ2n) is 18.1. The fraction of sp³-hybridized carbons (Fsp3) is 0.116. The van der Waals surface area contributed by atoms with Crippen molar-refractivity contribution >= 4 is 39.5 Å². The van der Waals surface area contributed by atoms with E-state index in [1.54, 1.807) is 31.4 Å². The predicted molar refractivity (Wildman–Crippen MR) is 309 cm³/mol. The number of carbonyl (C=O) groups is 3. The maximum Gasteiger partial charge on any atom is 0.338 e. The molecule has 0 saturated carbocycles. The average molecular weight is 1040 g/mol. The highest BCUT2D eigenvalue weighted by atomic mass is 16.6. The molecule has 0 N–H and O–H groups in total. The van der Waals surface area contributed by atoms with Crippen LogP contribution in [0.5, 0.6) is 28.7 Å². The molecule has 0 spiro atoms. The lowest BCUT2D eigenvalue weighted by atomic mass is 9.92. The highest BCUT2D eigenvalue weighted by Crippen LogP contribution is 2.46. The topological polar surface area (TPSA) is 116 Å². The van der Waals surface area contributed by atoms with Gasteiger partial charge < -0.3 is 33.2 Å². The summed E-state index contributed by atoms with van der Waals surface area (Å²) in [6, 6.07) is 60.0. The van der Waals surface area contributed by atoms with Crippen LogP contribution in [0.25, 0.3) is 43.8 Å². The number of methoxy groups -OCH3 is 1. The van der Waals surface area contributed by atoms with E-state index in [0.29, 0.717) is 42.4 Å². The number of esters is 3. The average Bonchev–Trinajstić information content (AvgIpc) is 3.74. The Morgan fingerprint density at radius 1 is 0.557 bits per heavy atom. The summed E-state index contributed by atoms with van der Waals surface area (Å²) in [5.74, 6) is 14.8. The van der Waals surface area contributed by atoms with Gasteiger partial charge in [-0.25, -0.2) is 14.4 Å². The summed E-state index contributed by atoms with van der Waals surface area (Å²) in [6.45, 7) is 9.82. The zero-order chi connectivity index (χ0) is 54.9. The number of benzene rings is 9. The van der Waals surface area contributed by atoms with Crippen LogP contribution in [0.3, 0.4) is 0 Å². The van der Waals surface area contributed by atoms with E-state index in [4.69, 9.17) is 33.2 Å². The quantitative estimate of drug-likeness (QED) is 0.0385. The van der Waals surface area contributed by atoms with E-state index in [1.807, 2.05) is 146 Å². The first-order valence-corrected chi connectivity index (χ1v) is 25.5. The van der Waals surface area contributed by atoms with Gasteiger partial charge >= 0.3 is 17.9 Å². The van der Waals surface area contributed by atoms with E-state index >= 15 is 0 Å². The minimum Gasteiger partial charge on any atom is -0.497 e. The minimum absolute atomic E-state index is 0.129. The number of ether oxygens (including phenoxy) is 7. The van der Waals surface area contributed by atoms with Crippen molar-refractivity contribution in [2.24, 2.45) is 0 Å². The Kier molecular flexibility index (Phi) is 17.6. The molecule has 0 radical (unpaired) electrons. The molecule has 1 aliphatic rings. The van der Waals surface area contributed by atoms with E-state index in [0.717, 1.165) is 95.3 Å². The third-order valence-corrected chi connectivity index (χ3v) is 12.7. The molecule has 1 aliphatic heterocycles. The third-order valence-electron chi connectivity index (χ3n) is 12.7. The molecule has 0 aliphatic carbocycles. The van der Waals surface area contributed by atoms with Crippen LogP contribution in [0, 0.1) is 30.6 Å². The summed E-state index contributed by atoms with van der Waals surface area (Å²) in [5.41, 5.74) is 8.94. The molecule has 9 aromatic rings. The number of hydrogen-bond donors (Lipinski definition) is 0. The normalized spacial score (nSPS) is 11.4. The summed E-state index contributed by atoms with van der Waals surface area (Å²) >= 11 is 0. The fourth-order valence-electron chi connectivity index (χ4n) is 8.59. The van der Waals surface area contributed by atoms with Gasteiger partial charge in [-0.2, -0.15) is 0 Å². The molecule has 9 aromatic carbocycles. The highest BCUT2D eigenvalue weighted by molar-refractivity contribution is 6.09. The van der Waals surface area contributed by atoms with E-state index < -0.39 is 24.0 Å². The molecule has 0 amide bonds. The van der Waals surface area contributed by atoms with Gasteiger partial charge in [0, 0.05) is 52.0 Å². The Morgan fingerprint density at radius 2 is 1.08 bits per heavy atom. The van der Waals surface area contributed by atoms with Crippen LogP contribution in [-0.2, 0) is 19.1 Å². The van der Waals surface area contributed by atoms with Crippen molar-refractivity contribution in [3.05, 3.63) is 247 Å². The van der Waals surface area contributed by atoms with Crippen LogP contribution in [0.4, 0.5) is 0 Å². The molecule has 390 valence electrons. The maximum absolute atomic E-state index is 13.3. The first kappa shape index (κ1) is 53.5. The summed E-state index contributed by atoms with van der Waals surface area (Å²) < 4.78 is 39.6. The molecular weight excluding hydrogens is 989 g/mol. The van der Waals surface area contributed by atoms with Crippen molar-refractivity contribution < 1.29 is 47.5 Å². The van der Waals surface area contributed by atoms with Crippen LogP contribution < -0.4 is 23.7 Å². The van der Waals surface area contributed by atoms with E-state index in [1.165, 1.54) is 0 Å². The number of aryl methyl sites for hydroxylation is 1. The minimum atomic E-state index is -0.653. The Bertz CT molecular complexity index is 3710. The summed E-state index contributed by atoms with van der Waals surface area (Å²) in [6.07, 6.45) is 2.22. The van der Waals surface area contributed by atoms with Crippen molar-refractivity contribution in [2.45, 2.75) is 19.4 Å². The van der Waals surface area contributed by atoms with Gasteiger partial charge in [0.15, 0.2) is 6.10 Å². The van der Waals surface area contributed by atoms with Crippen LogP contribution in [0.1, 0.15) is 44.6 Å². The number of rotatable bonds is 12. The summed E-state index contributed by atoms with van der Waals surface area (Å²) in [4.78, 5) is 35.7. The number of hydrogen-bond acceptors (Lipinski definition) is 10. The van der Waals surface area contributed by atoms with Crippen LogP contribution >= 0.6 is 0 Å². The van der Waals surface area contributed by atoms with Crippen molar-refractivity contribution in [1.29, 1.82) is 0 Å². The van der Waals surface area contributed by atoms with Gasteiger partial charge in [-0.15, -0.1) is 0 Å². The summed E-state index contributed by atoms with van der Waals surface area (Å²) in [7, 11) is 1.65. The van der Waals surface area contributed by atoms with Crippen LogP contribution in [0.15, 0.2) is 213 Å². The van der Waals surface area contributed by atoms with Crippen molar-refractivity contribution in [2.75, 3.05) is 33.5 Å². The Hall–Kier alpha value is -10.3. The van der Waals surface area contributed by atoms with Gasteiger partial charge in [-0.1, -0.05) is 122 Å². The van der Waals surface area contributed by atoms with Gasteiger partial charge in [0.05, 0.1) is 25.9 Å². The maximum atomic E-state index is 13.3. The third kappa shape index (κ3) is 14.0. The molecule has 10 heteroatoms. The molecule has 0 atom stereocenters. The lowest BCUT2D eigenvalue weighted by molar-refractivity contribution is -0.138. The van der Waals surface area contributed by atoms with Gasteiger partial charge in [0.2, 0.25) is 0 Å². The lowest BCUT2D eigenvalue weighted by Gasteiger charge is -2.18. The Labute approximate surface area is 459 Å². The first-order chi connectivity index (χ1) is 38.6. The van der Waals surface area contributed by atoms with Crippen LogP contribution in [-0.4, -0.2) is 57.5 Å². The Balaban J connectivity index is 0.000000200. The van der Waals surface area contributed by atoms with Gasteiger partial charge in [-0.05, 0) is 148 Å². The zero-order valence-electron chi connectivity index (χ0n) is 43.7. The molecule has 0 fully saturated rings. The monoisotopic (exact) mass is 1040 g/mol. The zero-order valence-corrected chi connectivity index (χ0v) is 43.7. The Morgan fingerprint density at radius 3 is 1.65 bits per heavy atom. The standard InChI is InChI=1S/C39H28O6.C30H26O4/c1-2-36(40)44-30-19-15-26(16-20-30)25-11-13-29(14-12-25)39(41)45-31-23-42-34-21-17-27-7-3-5-9-32(27)37(34)38-33-10-6-4-8-28(33)18-22-35(38)43-24-31;1-4-30(31)34-21-5-20-33-29-18-12-25(13-19-29)8-14-27-15-9-26(22-23(27)2)7-6-24-10-16-28(32-3)17-11-24/h2-22,31H,1,23-24H2;4,9-13,15-19,22H,1,5,20-21H2,2-3H3. The van der Waals surface area contributed by atoms with Crippen molar-refractivity contribution in [3.63, 3.8) is 0 Å². The number of fused-ring (bicyclic) bond motifs is 7. The van der Waals surface area contributed by atoms with E-state index in [-0.39, 0.29) is 13.2 Å². The van der Waals surface area contributed by atoms with Crippen LogP contribution in [0.2, 0.25) is 0 Å². The highest BCUT2D eigenvalue weighted by Gasteiger charge is 2.25. The second-order valence-corrected chi connectivity index (χ2v) is 18.1. The lowest BCUT2D eigenvalue weighted by Crippen LogP contribution is -2.31. The first-order valence-electron chi connectivity index (χ1n) is 25.5. The second kappa shape index (κ2) is 26.0. The molecule has 0 bridgehead atoms. The smallest absolute Gasteiger partial charge is 0.338 e. The fourth-order valence-corrected chi connectivity index (χ4v) is 8.59. The van der Waals surface area contributed by atoms with Crippen molar-refractivity contribution in [3.8, 4) is 74.7 Å². The van der Waals surface area contributed by atoms with Gasteiger partial charge in [0.25, 0.3) is 0 Å². The summed E-state index contributed by atoms with van der Waals surface area (Å²) in [5, 5.41) is 4.30. The molecule has 10 nitrogen and oxygen atoms in total. The van der Waals surface area contributed by atoms with Gasteiger partial charge in [-0.3, -0.25) is 0 Å². The molecule has 79 heavy (non-hydrogen) atoms. The van der Waals surface area contributed by atoms with Crippen molar-refractivity contribution in [1.82, 2.24) is 0 Å². The van der Waals surface area contributed by atoms with E-state index in [9.17, 15) is 14.4 Å². The van der Waals surface area contributed by atoms with Gasteiger partial charge in [0.1, 0.15) is 42.0 Å². The predicted octanol–water partition coefficient (Wildman–Crippen LogP) is 13.7.